The van der Waals surface area contributed by atoms with Gasteiger partial charge in [-0.05, 0) is 42.3 Å². The molecule has 0 aliphatic carbocycles. The highest BCUT2D eigenvalue weighted by molar-refractivity contribution is 7.90. The first-order valence-electron chi connectivity index (χ1n) is 6.48. The Kier molecular flexibility index (Phi) is 5.05. The zero-order valence-corrected chi connectivity index (χ0v) is 13.3. The molecule has 116 valence electrons. The van der Waals surface area contributed by atoms with E-state index < -0.39 is 16.1 Å². The van der Waals surface area contributed by atoms with E-state index in [0.29, 0.717) is 5.02 Å². The molecule has 0 saturated heterocycles. The molecule has 1 amide bonds. The second kappa shape index (κ2) is 6.81. The van der Waals surface area contributed by atoms with Gasteiger partial charge in [0.2, 0.25) is 0 Å². The average molecular weight is 340 g/mol. The van der Waals surface area contributed by atoms with E-state index in [-0.39, 0.29) is 11.5 Å². The molecular formula is C15H14ClNO4S. The minimum atomic E-state index is -3.93. The van der Waals surface area contributed by atoms with Crippen LogP contribution in [0.5, 0.6) is 0 Å². The second-order valence-corrected chi connectivity index (χ2v) is 6.48. The molecule has 0 saturated carbocycles. The minimum absolute atomic E-state index is 0.0155. The molecule has 0 radical (unpaired) electrons. The fourth-order valence-corrected chi connectivity index (χ4v) is 2.81. The fourth-order valence-electron chi connectivity index (χ4n) is 1.80. The van der Waals surface area contributed by atoms with Gasteiger partial charge >= 0.3 is 6.09 Å². The van der Waals surface area contributed by atoms with Crippen molar-refractivity contribution in [1.82, 2.24) is 4.72 Å². The monoisotopic (exact) mass is 339 g/mol. The summed E-state index contributed by atoms with van der Waals surface area (Å²) in [5, 5.41) is 0.626. The summed E-state index contributed by atoms with van der Waals surface area (Å²) in [6.45, 7) is 1.68. The van der Waals surface area contributed by atoms with Crippen molar-refractivity contribution in [3.8, 4) is 11.1 Å². The van der Waals surface area contributed by atoms with Crippen molar-refractivity contribution < 1.29 is 17.9 Å². The van der Waals surface area contributed by atoms with Crippen molar-refractivity contribution in [2.45, 2.75) is 11.8 Å². The second-order valence-electron chi connectivity index (χ2n) is 4.36. The molecule has 2 rings (SSSR count). The molecule has 7 heteroatoms. The molecule has 0 fully saturated rings. The van der Waals surface area contributed by atoms with Crippen LogP contribution in [0.3, 0.4) is 0 Å². The number of hydrogen-bond acceptors (Lipinski definition) is 4. The van der Waals surface area contributed by atoms with Gasteiger partial charge in [-0.25, -0.2) is 17.9 Å². The maximum absolute atomic E-state index is 12.0. The van der Waals surface area contributed by atoms with Gasteiger partial charge in [0.05, 0.1) is 11.5 Å². The van der Waals surface area contributed by atoms with Gasteiger partial charge in [-0.15, -0.1) is 0 Å². The van der Waals surface area contributed by atoms with Crippen LogP contribution in [0.15, 0.2) is 53.4 Å². The normalized spacial score (nSPS) is 11.0. The number of carbonyl (C=O) groups is 1. The molecule has 1 N–H and O–H groups in total. The molecule has 0 aliphatic heterocycles. The van der Waals surface area contributed by atoms with Gasteiger partial charge in [-0.1, -0.05) is 35.9 Å². The third kappa shape index (κ3) is 3.99. The van der Waals surface area contributed by atoms with E-state index in [4.69, 9.17) is 11.6 Å². The first-order chi connectivity index (χ1) is 10.4. The summed E-state index contributed by atoms with van der Waals surface area (Å²) in [7, 11) is -3.93. The number of nitrogens with one attached hydrogen (secondary N) is 1. The standard InChI is InChI=1S/C15H14ClNO4S/c1-2-21-15(18)17-22(19,20)14-9-5-12(6-10-14)11-3-7-13(16)8-4-11/h3-10H,2H2,1H3,(H,17,18). The quantitative estimate of drug-likeness (QED) is 0.926. The summed E-state index contributed by atoms with van der Waals surface area (Å²) in [6.07, 6.45) is -0.996. The zero-order chi connectivity index (χ0) is 16.2. The third-order valence-corrected chi connectivity index (χ3v) is 4.42. The summed E-state index contributed by atoms with van der Waals surface area (Å²) < 4.78 is 30.4. The van der Waals surface area contributed by atoms with Gasteiger partial charge in [0, 0.05) is 5.02 Å². The Labute approximate surface area is 133 Å². The van der Waals surface area contributed by atoms with E-state index >= 15 is 0 Å². The Balaban J connectivity index is 2.21. The summed E-state index contributed by atoms with van der Waals surface area (Å²) in [5.74, 6) is 0. The van der Waals surface area contributed by atoms with Gasteiger partial charge in [0.1, 0.15) is 0 Å². The van der Waals surface area contributed by atoms with Crippen molar-refractivity contribution in [3.63, 3.8) is 0 Å². The van der Waals surface area contributed by atoms with Crippen molar-refractivity contribution in [1.29, 1.82) is 0 Å². The number of halogens is 1. The molecule has 0 aliphatic rings. The molecule has 0 bridgehead atoms. The van der Waals surface area contributed by atoms with Crippen LogP contribution in [0.25, 0.3) is 11.1 Å². The van der Waals surface area contributed by atoms with Crippen molar-refractivity contribution in [2.75, 3.05) is 6.61 Å². The van der Waals surface area contributed by atoms with Crippen molar-refractivity contribution >= 4 is 27.7 Å². The largest absolute Gasteiger partial charge is 0.449 e. The third-order valence-electron chi connectivity index (χ3n) is 2.84. The lowest BCUT2D eigenvalue weighted by Crippen LogP contribution is -2.31. The zero-order valence-electron chi connectivity index (χ0n) is 11.7. The lowest BCUT2D eigenvalue weighted by atomic mass is 10.1. The van der Waals surface area contributed by atoms with Crippen LogP contribution < -0.4 is 4.72 Å². The van der Waals surface area contributed by atoms with E-state index in [2.05, 4.69) is 4.74 Å². The fraction of sp³-hybridized carbons (Fsp3) is 0.133. The van der Waals surface area contributed by atoms with Crippen molar-refractivity contribution in [2.24, 2.45) is 0 Å². The van der Waals surface area contributed by atoms with Crippen LogP contribution in [0.4, 0.5) is 4.79 Å². The lowest BCUT2D eigenvalue weighted by Gasteiger charge is -2.08. The van der Waals surface area contributed by atoms with E-state index in [1.54, 1.807) is 31.2 Å². The van der Waals surface area contributed by atoms with Crippen LogP contribution in [0, 0.1) is 0 Å². The van der Waals surface area contributed by atoms with Crippen LogP contribution >= 0.6 is 11.6 Å². The summed E-state index contributed by atoms with van der Waals surface area (Å²) in [5.41, 5.74) is 1.75. The Morgan fingerprint density at radius 1 is 1.05 bits per heavy atom. The van der Waals surface area contributed by atoms with Gasteiger partial charge in [0.15, 0.2) is 0 Å². The van der Waals surface area contributed by atoms with Gasteiger partial charge in [-0.2, -0.15) is 0 Å². The highest BCUT2D eigenvalue weighted by Crippen LogP contribution is 2.23. The molecule has 5 nitrogen and oxygen atoms in total. The van der Waals surface area contributed by atoms with E-state index in [1.807, 2.05) is 16.9 Å². The molecule has 22 heavy (non-hydrogen) atoms. The molecule has 0 atom stereocenters. The van der Waals surface area contributed by atoms with Gasteiger partial charge in [0.25, 0.3) is 10.0 Å². The number of rotatable bonds is 4. The predicted octanol–water partition coefficient (Wildman–Crippen LogP) is 3.44. The van der Waals surface area contributed by atoms with Gasteiger partial charge in [-0.3, -0.25) is 0 Å². The van der Waals surface area contributed by atoms with Crippen molar-refractivity contribution in [3.05, 3.63) is 53.6 Å². The number of carbonyl (C=O) groups excluding carboxylic acids is 1. The molecule has 0 heterocycles. The highest BCUT2D eigenvalue weighted by atomic mass is 35.5. The van der Waals surface area contributed by atoms with E-state index in [1.165, 1.54) is 12.1 Å². The molecular weight excluding hydrogens is 326 g/mol. The Bertz CT molecular complexity index is 755. The number of sulfonamides is 1. The Morgan fingerprint density at radius 2 is 1.55 bits per heavy atom. The number of amides is 1. The maximum atomic E-state index is 12.0. The van der Waals surface area contributed by atoms with Crippen LogP contribution in [-0.2, 0) is 14.8 Å². The molecule has 0 aromatic heterocycles. The first kappa shape index (κ1) is 16.3. The number of benzene rings is 2. The Hall–Kier alpha value is -2.05. The molecule has 2 aromatic rings. The minimum Gasteiger partial charge on any atom is -0.449 e. The lowest BCUT2D eigenvalue weighted by molar-refractivity contribution is 0.158. The average Bonchev–Trinajstić information content (AvgIpc) is 2.48. The van der Waals surface area contributed by atoms with Crippen LogP contribution in [0.1, 0.15) is 6.92 Å². The molecule has 2 aromatic carbocycles. The smallest absolute Gasteiger partial charge is 0.421 e. The summed E-state index contributed by atoms with van der Waals surface area (Å²) >= 11 is 5.83. The highest BCUT2D eigenvalue weighted by Gasteiger charge is 2.18. The Morgan fingerprint density at radius 3 is 2.05 bits per heavy atom. The first-order valence-corrected chi connectivity index (χ1v) is 8.34. The van der Waals surface area contributed by atoms with Crippen LogP contribution in [0.2, 0.25) is 5.02 Å². The van der Waals surface area contributed by atoms with Gasteiger partial charge < -0.3 is 4.74 Å². The summed E-state index contributed by atoms with van der Waals surface area (Å²) in [4.78, 5) is 11.2. The number of hydrogen-bond donors (Lipinski definition) is 1. The van der Waals surface area contributed by atoms with E-state index in [0.717, 1.165) is 11.1 Å². The molecule has 0 unspecified atom stereocenters. The maximum Gasteiger partial charge on any atom is 0.421 e. The predicted molar refractivity (Wildman–Crippen MR) is 84.2 cm³/mol. The summed E-state index contributed by atoms with van der Waals surface area (Å²) in [6, 6.07) is 13.3. The van der Waals surface area contributed by atoms with E-state index in [9.17, 15) is 13.2 Å². The molecule has 0 spiro atoms. The SMILES string of the molecule is CCOC(=O)NS(=O)(=O)c1ccc(-c2ccc(Cl)cc2)cc1. The topological polar surface area (TPSA) is 72.5 Å². The number of ether oxygens (including phenoxy) is 1. The van der Waals surface area contributed by atoms with Crippen LogP contribution in [-0.4, -0.2) is 21.1 Å².